The van der Waals surface area contributed by atoms with Gasteiger partial charge in [0.2, 0.25) is 5.91 Å². The van der Waals surface area contributed by atoms with Crippen molar-refractivity contribution >= 4 is 5.91 Å². The van der Waals surface area contributed by atoms with E-state index in [-0.39, 0.29) is 0 Å². The van der Waals surface area contributed by atoms with Crippen molar-refractivity contribution in [1.29, 1.82) is 0 Å². The number of benzene rings is 2. The zero-order valence-electron chi connectivity index (χ0n) is 15.7. The molecule has 4 rings (SSSR count). The molecule has 7 nitrogen and oxygen atoms in total. The van der Waals surface area contributed by atoms with E-state index in [2.05, 4.69) is 5.32 Å². The van der Waals surface area contributed by atoms with Crippen LogP contribution >= 0.6 is 0 Å². The lowest BCUT2D eigenvalue weighted by molar-refractivity contribution is -0.123. The first-order valence-corrected chi connectivity index (χ1v) is 9.42. The number of nitrogens with one attached hydrogen (secondary N) is 1. The minimum Gasteiger partial charge on any atom is -0.390 e. The molecule has 0 radical (unpaired) electrons. The highest BCUT2D eigenvalue weighted by Gasteiger charge is 2.31. The van der Waals surface area contributed by atoms with E-state index < -0.39 is 35.8 Å². The quantitative estimate of drug-likeness (QED) is 0.674. The number of amides is 1. The Labute approximate surface area is 166 Å². The van der Waals surface area contributed by atoms with E-state index in [0.717, 1.165) is 21.3 Å². The second-order valence-corrected chi connectivity index (χ2v) is 7.15. The fourth-order valence-corrected chi connectivity index (χ4v) is 3.71. The summed E-state index contributed by atoms with van der Waals surface area (Å²) in [6.07, 6.45) is 1.15. The van der Waals surface area contributed by atoms with Gasteiger partial charge in [0.1, 0.15) is 6.54 Å². The molecule has 3 aromatic rings. The normalized spacial score (nSPS) is 17.7. The third-order valence-corrected chi connectivity index (χ3v) is 5.16. The predicted molar refractivity (Wildman–Crippen MR) is 108 cm³/mol. The molecule has 1 aliphatic rings. The third kappa shape index (κ3) is 3.90. The van der Waals surface area contributed by atoms with Crippen molar-refractivity contribution in [3.8, 4) is 0 Å². The summed E-state index contributed by atoms with van der Waals surface area (Å²) in [6, 6.07) is 17.6. The van der Waals surface area contributed by atoms with Crippen molar-refractivity contribution < 1.29 is 9.90 Å². The van der Waals surface area contributed by atoms with Crippen LogP contribution in [0.5, 0.6) is 0 Å². The molecule has 0 fully saturated rings. The molecule has 0 saturated heterocycles. The van der Waals surface area contributed by atoms with E-state index in [1.54, 1.807) is 0 Å². The minimum absolute atomic E-state index is 0.302. The molecule has 2 N–H and O–H groups in total. The summed E-state index contributed by atoms with van der Waals surface area (Å²) in [5.41, 5.74) is 1.66. The largest absolute Gasteiger partial charge is 0.390 e. The van der Waals surface area contributed by atoms with Crippen molar-refractivity contribution in [2.75, 3.05) is 0 Å². The molecule has 1 amide bonds. The molecule has 0 bridgehead atoms. The number of fused-ring (bicyclic) bond motifs is 1. The van der Waals surface area contributed by atoms with Gasteiger partial charge in [0.05, 0.1) is 18.7 Å². The van der Waals surface area contributed by atoms with E-state index in [4.69, 9.17) is 0 Å². The van der Waals surface area contributed by atoms with Crippen LogP contribution in [0, 0.1) is 0 Å². The molecule has 148 valence electrons. The monoisotopic (exact) mass is 391 g/mol. The Balaban J connectivity index is 1.53. The van der Waals surface area contributed by atoms with Crippen LogP contribution in [-0.4, -0.2) is 26.3 Å². The van der Waals surface area contributed by atoms with Crippen molar-refractivity contribution in [1.82, 2.24) is 14.5 Å². The number of aromatic nitrogens is 2. The number of aliphatic hydroxyl groups excluding tert-OH is 1. The molecule has 2 aromatic carbocycles. The standard InChI is InChI=1S/C22H21N3O4/c26-18-12-16-8-4-5-9-17(16)21(18)23-19(27)14-25-20(28)10-11-24(22(25)29)13-15-6-2-1-3-7-15/h1-11,18,21,26H,12-14H2,(H,23,27). The summed E-state index contributed by atoms with van der Waals surface area (Å²) in [4.78, 5) is 37.5. The van der Waals surface area contributed by atoms with Gasteiger partial charge >= 0.3 is 5.69 Å². The molecule has 2 unspecified atom stereocenters. The van der Waals surface area contributed by atoms with Crippen LogP contribution in [0.3, 0.4) is 0 Å². The Morgan fingerprint density at radius 3 is 2.55 bits per heavy atom. The van der Waals surface area contributed by atoms with Gasteiger partial charge in [-0.3, -0.25) is 18.7 Å². The zero-order chi connectivity index (χ0) is 20.4. The summed E-state index contributed by atoms with van der Waals surface area (Å²) in [5, 5.41) is 13.1. The Bertz CT molecular complexity index is 1150. The molecular weight excluding hydrogens is 370 g/mol. The van der Waals surface area contributed by atoms with Crippen molar-refractivity contribution in [3.05, 3.63) is 104 Å². The highest BCUT2D eigenvalue weighted by atomic mass is 16.3. The van der Waals surface area contributed by atoms with Gasteiger partial charge in [0, 0.05) is 18.7 Å². The number of nitrogens with zero attached hydrogens (tertiary/aromatic N) is 2. The van der Waals surface area contributed by atoms with Gasteiger partial charge in [0.25, 0.3) is 5.56 Å². The Hall–Kier alpha value is -3.45. The summed E-state index contributed by atoms with van der Waals surface area (Å²) >= 11 is 0. The maximum atomic E-state index is 12.7. The summed E-state index contributed by atoms with van der Waals surface area (Å²) in [6.45, 7) is -0.102. The number of carbonyl (C=O) groups is 1. The number of aliphatic hydroxyl groups is 1. The van der Waals surface area contributed by atoms with Crippen LogP contribution in [0.25, 0.3) is 0 Å². The molecule has 0 spiro atoms. The smallest absolute Gasteiger partial charge is 0.331 e. The van der Waals surface area contributed by atoms with Crippen LogP contribution in [0.15, 0.2) is 76.4 Å². The second kappa shape index (κ2) is 7.89. The second-order valence-electron chi connectivity index (χ2n) is 7.15. The predicted octanol–water partition coefficient (Wildman–Crippen LogP) is 0.833. The summed E-state index contributed by atoms with van der Waals surface area (Å²) in [5.74, 6) is -0.498. The fraction of sp³-hybridized carbons (Fsp3) is 0.227. The van der Waals surface area contributed by atoms with Crippen molar-refractivity contribution in [2.24, 2.45) is 0 Å². The molecule has 0 aliphatic heterocycles. The molecular formula is C22H21N3O4. The Kier molecular flexibility index (Phi) is 5.14. The highest BCUT2D eigenvalue weighted by molar-refractivity contribution is 5.76. The van der Waals surface area contributed by atoms with Gasteiger partial charge in [-0.2, -0.15) is 0 Å². The maximum absolute atomic E-state index is 12.7. The SMILES string of the molecule is O=C(Cn1c(=O)ccn(Cc2ccccc2)c1=O)NC1c2ccccc2CC1O. The first-order valence-electron chi connectivity index (χ1n) is 9.42. The first kappa shape index (κ1) is 18.9. The molecule has 2 atom stereocenters. The maximum Gasteiger partial charge on any atom is 0.331 e. The lowest BCUT2D eigenvalue weighted by Gasteiger charge is -2.18. The lowest BCUT2D eigenvalue weighted by atomic mass is 10.1. The van der Waals surface area contributed by atoms with Crippen LogP contribution in [0.2, 0.25) is 0 Å². The van der Waals surface area contributed by atoms with E-state index in [0.29, 0.717) is 13.0 Å². The molecule has 0 saturated carbocycles. The van der Waals surface area contributed by atoms with E-state index >= 15 is 0 Å². The van der Waals surface area contributed by atoms with Crippen molar-refractivity contribution in [2.45, 2.75) is 31.7 Å². The van der Waals surface area contributed by atoms with E-state index in [1.807, 2.05) is 54.6 Å². The van der Waals surface area contributed by atoms with Gasteiger partial charge in [-0.05, 0) is 16.7 Å². The van der Waals surface area contributed by atoms with Crippen molar-refractivity contribution in [3.63, 3.8) is 0 Å². The summed E-state index contributed by atoms with van der Waals surface area (Å²) < 4.78 is 2.30. The zero-order valence-corrected chi connectivity index (χ0v) is 15.7. The molecule has 1 heterocycles. The van der Waals surface area contributed by atoms with Crippen LogP contribution in [-0.2, 0) is 24.3 Å². The average molecular weight is 391 g/mol. The van der Waals surface area contributed by atoms with Gasteiger partial charge in [-0.15, -0.1) is 0 Å². The number of hydrogen-bond acceptors (Lipinski definition) is 4. The van der Waals surface area contributed by atoms with E-state index in [1.165, 1.54) is 16.8 Å². The number of hydrogen-bond donors (Lipinski definition) is 2. The summed E-state index contributed by atoms with van der Waals surface area (Å²) in [7, 11) is 0. The van der Waals surface area contributed by atoms with Crippen LogP contribution in [0.1, 0.15) is 22.7 Å². The van der Waals surface area contributed by atoms with Crippen LogP contribution < -0.4 is 16.6 Å². The van der Waals surface area contributed by atoms with Gasteiger partial charge < -0.3 is 10.4 Å². The topological polar surface area (TPSA) is 93.3 Å². The Morgan fingerprint density at radius 1 is 1.03 bits per heavy atom. The molecule has 7 heteroatoms. The first-order chi connectivity index (χ1) is 14.0. The van der Waals surface area contributed by atoms with Gasteiger partial charge in [-0.1, -0.05) is 54.6 Å². The molecule has 1 aromatic heterocycles. The van der Waals surface area contributed by atoms with E-state index in [9.17, 15) is 19.5 Å². The van der Waals surface area contributed by atoms with Crippen LogP contribution in [0.4, 0.5) is 0 Å². The highest BCUT2D eigenvalue weighted by Crippen LogP contribution is 2.31. The third-order valence-electron chi connectivity index (χ3n) is 5.16. The molecule has 29 heavy (non-hydrogen) atoms. The lowest BCUT2D eigenvalue weighted by Crippen LogP contribution is -2.44. The minimum atomic E-state index is -0.737. The number of rotatable bonds is 5. The van der Waals surface area contributed by atoms with Gasteiger partial charge in [0.15, 0.2) is 0 Å². The Morgan fingerprint density at radius 2 is 1.76 bits per heavy atom. The fourth-order valence-electron chi connectivity index (χ4n) is 3.71. The average Bonchev–Trinajstić information content (AvgIpc) is 3.03. The van der Waals surface area contributed by atoms with Gasteiger partial charge in [-0.25, -0.2) is 4.79 Å². The molecule has 1 aliphatic carbocycles. The number of carbonyl (C=O) groups excluding carboxylic acids is 1.